The van der Waals surface area contributed by atoms with Gasteiger partial charge in [0.2, 0.25) is 0 Å². The van der Waals surface area contributed by atoms with Crippen molar-refractivity contribution in [2.75, 3.05) is 25.0 Å². The second kappa shape index (κ2) is 7.43. The predicted molar refractivity (Wildman–Crippen MR) is 93.9 cm³/mol. The van der Waals surface area contributed by atoms with Crippen molar-refractivity contribution in [2.24, 2.45) is 0 Å². The fourth-order valence-corrected chi connectivity index (χ4v) is 3.19. The summed E-state index contributed by atoms with van der Waals surface area (Å²) in [7, 11) is 0. The minimum absolute atomic E-state index is 0.213. The number of hydrogen-bond donors (Lipinski definition) is 2. The van der Waals surface area contributed by atoms with E-state index in [1.54, 1.807) is 6.33 Å². The molecule has 1 aromatic carbocycles. The third-order valence-corrected chi connectivity index (χ3v) is 4.70. The molecule has 0 amide bonds. The Balaban J connectivity index is 1.63. The number of halogens is 1. The van der Waals surface area contributed by atoms with Gasteiger partial charge >= 0.3 is 0 Å². The summed E-state index contributed by atoms with van der Waals surface area (Å²) in [6, 6.07) is 6.09. The Hall–Kier alpha value is -1.43. The van der Waals surface area contributed by atoms with Crippen LogP contribution in [0.1, 0.15) is 26.2 Å². The average Bonchev–Trinajstić information content (AvgIpc) is 2.56. The fourth-order valence-electron chi connectivity index (χ4n) is 3.03. The third-order valence-electron chi connectivity index (χ3n) is 4.47. The van der Waals surface area contributed by atoms with Crippen molar-refractivity contribution in [3.05, 3.63) is 29.5 Å². The molecule has 5 nitrogen and oxygen atoms in total. The van der Waals surface area contributed by atoms with E-state index in [2.05, 4.69) is 20.2 Å². The molecule has 0 radical (unpaired) electrons. The molecule has 1 saturated heterocycles. The molecule has 0 saturated carbocycles. The summed E-state index contributed by atoms with van der Waals surface area (Å²) >= 11 is 6.03. The summed E-state index contributed by atoms with van der Waals surface area (Å²) in [5, 5.41) is 15.0. The highest BCUT2D eigenvalue weighted by molar-refractivity contribution is 6.31. The van der Waals surface area contributed by atoms with Gasteiger partial charge < -0.3 is 15.3 Å². The van der Waals surface area contributed by atoms with Gasteiger partial charge in [0.1, 0.15) is 12.1 Å². The zero-order valence-corrected chi connectivity index (χ0v) is 14.1. The Morgan fingerprint density at radius 3 is 2.87 bits per heavy atom. The van der Waals surface area contributed by atoms with E-state index in [0.29, 0.717) is 11.1 Å². The van der Waals surface area contributed by atoms with Gasteiger partial charge in [0, 0.05) is 36.1 Å². The molecule has 0 bridgehead atoms. The highest BCUT2D eigenvalue weighted by atomic mass is 35.5. The van der Waals surface area contributed by atoms with Crippen LogP contribution < -0.4 is 5.32 Å². The molecular weight excluding hydrogens is 312 g/mol. The molecule has 0 spiro atoms. The first kappa shape index (κ1) is 16.4. The minimum atomic E-state index is -0.213. The molecule has 2 aromatic rings. The number of β-amino-alcohol motifs (C(OH)–C–C–N with tert-alkyl or cyclic N) is 1. The lowest BCUT2D eigenvalue weighted by molar-refractivity contribution is 0.0962. The molecule has 2 N–H and O–H groups in total. The van der Waals surface area contributed by atoms with Gasteiger partial charge in [-0.3, -0.25) is 0 Å². The van der Waals surface area contributed by atoms with Gasteiger partial charge in [0.05, 0.1) is 11.6 Å². The number of nitrogens with zero attached hydrogens (tertiary/aromatic N) is 3. The molecule has 1 aliphatic heterocycles. The van der Waals surface area contributed by atoms with E-state index in [9.17, 15) is 5.11 Å². The Labute approximate surface area is 141 Å². The summed E-state index contributed by atoms with van der Waals surface area (Å²) in [5.41, 5.74) is 0.860. The van der Waals surface area contributed by atoms with Crippen molar-refractivity contribution < 1.29 is 5.11 Å². The highest BCUT2D eigenvalue weighted by Crippen LogP contribution is 2.24. The molecule has 0 aliphatic carbocycles. The molecule has 2 heterocycles. The number of aliphatic hydroxyl groups excluding tert-OH is 1. The minimum Gasteiger partial charge on any atom is -0.392 e. The Kier molecular flexibility index (Phi) is 5.30. The van der Waals surface area contributed by atoms with Crippen LogP contribution in [0.4, 0.5) is 5.82 Å². The van der Waals surface area contributed by atoms with Crippen molar-refractivity contribution in [1.29, 1.82) is 0 Å². The molecule has 23 heavy (non-hydrogen) atoms. The first-order chi connectivity index (χ1) is 11.2. The van der Waals surface area contributed by atoms with Gasteiger partial charge in [-0.1, -0.05) is 18.5 Å². The number of piperidine rings is 1. The standard InChI is InChI=1S/C17H23ClN4O/c1-2-14(23)10-22-7-5-13(6-8-22)21-17-15-4-3-12(18)9-16(15)19-11-20-17/h3-4,9,11,13-14,23H,2,5-8,10H2,1H3,(H,19,20,21). The van der Waals surface area contributed by atoms with Crippen molar-refractivity contribution in [3.8, 4) is 0 Å². The maximum Gasteiger partial charge on any atom is 0.137 e. The Bertz CT molecular complexity index is 658. The quantitative estimate of drug-likeness (QED) is 0.880. The van der Waals surface area contributed by atoms with Crippen LogP contribution in [0, 0.1) is 0 Å². The third kappa shape index (κ3) is 4.10. The van der Waals surface area contributed by atoms with Crippen LogP contribution >= 0.6 is 11.6 Å². The Morgan fingerprint density at radius 1 is 1.35 bits per heavy atom. The maximum atomic E-state index is 9.77. The van der Waals surface area contributed by atoms with Gasteiger partial charge in [-0.15, -0.1) is 0 Å². The maximum absolute atomic E-state index is 9.77. The van der Waals surface area contributed by atoms with E-state index >= 15 is 0 Å². The van der Waals surface area contributed by atoms with Crippen molar-refractivity contribution >= 4 is 28.3 Å². The molecular formula is C17H23ClN4O. The van der Waals surface area contributed by atoms with E-state index in [1.807, 2.05) is 25.1 Å². The average molecular weight is 335 g/mol. The zero-order chi connectivity index (χ0) is 16.2. The number of rotatable bonds is 5. The number of aliphatic hydroxyl groups is 1. The van der Waals surface area contributed by atoms with Gasteiger partial charge in [0.15, 0.2) is 0 Å². The van der Waals surface area contributed by atoms with Crippen molar-refractivity contribution in [1.82, 2.24) is 14.9 Å². The van der Waals surface area contributed by atoms with Crippen LogP contribution in [0.25, 0.3) is 10.9 Å². The number of hydrogen-bond acceptors (Lipinski definition) is 5. The van der Waals surface area contributed by atoms with Gasteiger partial charge in [-0.2, -0.15) is 0 Å². The fraction of sp³-hybridized carbons (Fsp3) is 0.529. The second-order valence-electron chi connectivity index (χ2n) is 6.17. The second-order valence-corrected chi connectivity index (χ2v) is 6.60. The topological polar surface area (TPSA) is 61.3 Å². The first-order valence-corrected chi connectivity index (χ1v) is 8.60. The van der Waals surface area contributed by atoms with E-state index in [0.717, 1.165) is 55.6 Å². The molecule has 6 heteroatoms. The van der Waals surface area contributed by atoms with Crippen molar-refractivity contribution in [3.63, 3.8) is 0 Å². The van der Waals surface area contributed by atoms with Crippen LogP contribution in [-0.2, 0) is 0 Å². The summed E-state index contributed by atoms with van der Waals surface area (Å²) in [4.78, 5) is 11.0. The summed E-state index contributed by atoms with van der Waals surface area (Å²) in [6.07, 6.45) is 4.28. The number of aromatic nitrogens is 2. The van der Waals surface area contributed by atoms with E-state index in [-0.39, 0.29) is 6.10 Å². The molecule has 1 unspecified atom stereocenters. The smallest absolute Gasteiger partial charge is 0.137 e. The number of benzene rings is 1. The lowest BCUT2D eigenvalue weighted by Crippen LogP contribution is -2.42. The van der Waals surface area contributed by atoms with Crippen LogP contribution in [0.5, 0.6) is 0 Å². The molecule has 1 aromatic heterocycles. The Morgan fingerprint density at radius 2 is 2.13 bits per heavy atom. The normalized spacial score (nSPS) is 18.2. The van der Waals surface area contributed by atoms with Crippen LogP contribution in [0.15, 0.2) is 24.5 Å². The number of likely N-dealkylation sites (tertiary alicyclic amines) is 1. The molecule has 3 rings (SSSR count). The lowest BCUT2D eigenvalue weighted by atomic mass is 10.0. The number of fused-ring (bicyclic) bond motifs is 1. The number of anilines is 1. The summed E-state index contributed by atoms with van der Waals surface area (Å²) in [6.45, 7) is 4.80. The molecule has 1 fully saturated rings. The van der Waals surface area contributed by atoms with Crippen LogP contribution in [0.2, 0.25) is 5.02 Å². The van der Waals surface area contributed by atoms with Crippen LogP contribution in [0.3, 0.4) is 0 Å². The first-order valence-electron chi connectivity index (χ1n) is 8.23. The summed E-state index contributed by atoms with van der Waals surface area (Å²) in [5.74, 6) is 0.874. The van der Waals surface area contributed by atoms with Gasteiger partial charge in [-0.25, -0.2) is 9.97 Å². The predicted octanol–water partition coefficient (Wildman–Crippen LogP) is 2.93. The number of nitrogens with one attached hydrogen (secondary N) is 1. The largest absolute Gasteiger partial charge is 0.392 e. The van der Waals surface area contributed by atoms with E-state index in [4.69, 9.17) is 11.6 Å². The monoisotopic (exact) mass is 334 g/mol. The zero-order valence-electron chi connectivity index (χ0n) is 13.4. The molecule has 124 valence electrons. The molecule has 1 atom stereocenters. The molecule has 1 aliphatic rings. The van der Waals surface area contributed by atoms with Crippen LogP contribution in [-0.4, -0.2) is 51.8 Å². The lowest BCUT2D eigenvalue weighted by Gasteiger charge is -2.33. The van der Waals surface area contributed by atoms with E-state index < -0.39 is 0 Å². The van der Waals surface area contributed by atoms with E-state index in [1.165, 1.54) is 0 Å². The van der Waals surface area contributed by atoms with Gasteiger partial charge in [0.25, 0.3) is 0 Å². The SMILES string of the molecule is CCC(O)CN1CCC(Nc2ncnc3cc(Cl)ccc23)CC1. The summed E-state index contributed by atoms with van der Waals surface area (Å²) < 4.78 is 0. The van der Waals surface area contributed by atoms with Gasteiger partial charge in [-0.05, 0) is 37.5 Å². The highest BCUT2D eigenvalue weighted by Gasteiger charge is 2.21. The van der Waals surface area contributed by atoms with Crippen molar-refractivity contribution in [2.45, 2.75) is 38.3 Å².